The molecule has 0 radical (unpaired) electrons. The monoisotopic (exact) mass is 261 g/mol. The van der Waals surface area contributed by atoms with Gasteiger partial charge in [0.25, 0.3) is 5.91 Å². The predicted octanol–water partition coefficient (Wildman–Crippen LogP) is 1.31. The summed E-state index contributed by atoms with van der Waals surface area (Å²) in [5.74, 6) is -0.749. The summed E-state index contributed by atoms with van der Waals surface area (Å²) in [6, 6.07) is 3.80. The van der Waals surface area contributed by atoms with E-state index in [1.807, 2.05) is 0 Å². The lowest BCUT2D eigenvalue weighted by Gasteiger charge is -2.04. The molecule has 2 N–H and O–H groups in total. The molecule has 0 aliphatic rings. The zero-order valence-corrected chi connectivity index (χ0v) is 8.84. The molecule has 0 aromatic heterocycles. The van der Waals surface area contributed by atoms with E-state index in [1.54, 1.807) is 0 Å². The number of aliphatic hydroxyl groups excluding tert-OH is 1. The van der Waals surface area contributed by atoms with Crippen LogP contribution in [0, 0.1) is 5.82 Å². The number of carbonyl (C=O) groups excluding carboxylic acids is 1. The first-order chi connectivity index (χ1) is 6.65. The molecule has 0 bridgehead atoms. The Morgan fingerprint density at radius 3 is 2.86 bits per heavy atom. The summed E-state index contributed by atoms with van der Waals surface area (Å²) in [5.41, 5.74) is 0.347. The summed E-state index contributed by atoms with van der Waals surface area (Å²) in [4.78, 5) is 11.4. The quantitative estimate of drug-likeness (QED) is 0.862. The fourth-order valence-electron chi connectivity index (χ4n) is 0.938. The number of benzene rings is 1. The van der Waals surface area contributed by atoms with Gasteiger partial charge in [0.1, 0.15) is 5.82 Å². The van der Waals surface area contributed by atoms with Gasteiger partial charge in [-0.25, -0.2) is 4.39 Å². The van der Waals surface area contributed by atoms with Crippen molar-refractivity contribution in [3.8, 4) is 0 Å². The predicted molar refractivity (Wildman–Crippen MR) is 53.5 cm³/mol. The van der Waals surface area contributed by atoms with Crippen molar-refractivity contribution < 1.29 is 14.3 Å². The minimum Gasteiger partial charge on any atom is -0.395 e. The number of halogens is 2. The van der Waals surface area contributed by atoms with E-state index < -0.39 is 5.82 Å². The van der Waals surface area contributed by atoms with E-state index in [0.717, 1.165) is 0 Å². The van der Waals surface area contributed by atoms with Crippen LogP contribution in [0.15, 0.2) is 22.7 Å². The molecule has 0 fully saturated rings. The van der Waals surface area contributed by atoms with E-state index in [0.29, 0.717) is 10.0 Å². The molecule has 76 valence electrons. The van der Waals surface area contributed by atoms with Gasteiger partial charge in [0.2, 0.25) is 0 Å². The summed E-state index contributed by atoms with van der Waals surface area (Å²) in [5, 5.41) is 11.0. The Morgan fingerprint density at radius 1 is 1.57 bits per heavy atom. The van der Waals surface area contributed by atoms with E-state index >= 15 is 0 Å². The van der Waals surface area contributed by atoms with Crippen LogP contribution in [0.3, 0.4) is 0 Å². The molecular formula is C9H9BrFNO2. The van der Waals surface area contributed by atoms with E-state index in [1.165, 1.54) is 18.2 Å². The summed E-state index contributed by atoms with van der Waals surface area (Å²) in [6.45, 7) is 0.0627. The second-order valence-corrected chi connectivity index (χ2v) is 3.46. The lowest BCUT2D eigenvalue weighted by atomic mass is 10.2. The summed E-state index contributed by atoms with van der Waals surface area (Å²) in [7, 11) is 0. The highest BCUT2D eigenvalue weighted by molar-refractivity contribution is 9.10. The fourth-order valence-corrected chi connectivity index (χ4v) is 1.47. The Labute approximate surface area is 89.1 Å². The van der Waals surface area contributed by atoms with Crippen molar-refractivity contribution in [2.75, 3.05) is 13.2 Å². The first-order valence-corrected chi connectivity index (χ1v) is 4.78. The van der Waals surface area contributed by atoms with Crippen molar-refractivity contribution in [2.45, 2.75) is 0 Å². The smallest absolute Gasteiger partial charge is 0.252 e. The Balaban J connectivity index is 2.80. The topological polar surface area (TPSA) is 49.3 Å². The number of amides is 1. The molecule has 0 aliphatic heterocycles. The van der Waals surface area contributed by atoms with Gasteiger partial charge >= 0.3 is 0 Å². The second-order valence-electron chi connectivity index (χ2n) is 2.60. The van der Waals surface area contributed by atoms with Crippen molar-refractivity contribution in [1.29, 1.82) is 0 Å². The van der Waals surface area contributed by atoms with Crippen LogP contribution < -0.4 is 5.32 Å². The molecule has 5 heteroatoms. The van der Waals surface area contributed by atoms with Gasteiger partial charge in [-0.3, -0.25) is 4.79 Å². The molecule has 1 aromatic carbocycles. The van der Waals surface area contributed by atoms with Crippen LogP contribution in [0.5, 0.6) is 0 Å². The van der Waals surface area contributed by atoms with Gasteiger partial charge in [-0.05, 0) is 34.1 Å². The minimum absolute atomic E-state index is 0.120. The highest BCUT2D eigenvalue weighted by atomic mass is 79.9. The standard InChI is InChI=1S/C9H9BrFNO2/c10-8-5-6(11)1-2-7(8)9(14)12-3-4-13/h1-2,5,13H,3-4H2,(H,12,14). The first-order valence-electron chi connectivity index (χ1n) is 3.99. The zero-order valence-electron chi connectivity index (χ0n) is 7.26. The number of aliphatic hydroxyl groups is 1. The average Bonchev–Trinajstić information content (AvgIpc) is 2.14. The van der Waals surface area contributed by atoms with Crippen LogP contribution in [-0.2, 0) is 0 Å². The molecule has 0 saturated heterocycles. The maximum absolute atomic E-state index is 12.7. The van der Waals surface area contributed by atoms with Gasteiger partial charge in [-0.15, -0.1) is 0 Å². The third-order valence-corrected chi connectivity index (χ3v) is 2.23. The summed E-state index contributed by atoms with van der Waals surface area (Å²) < 4.78 is 13.1. The molecule has 0 atom stereocenters. The molecule has 1 amide bonds. The third kappa shape index (κ3) is 2.78. The summed E-state index contributed by atoms with van der Waals surface area (Å²) >= 11 is 3.08. The third-order valence-electron chi connectivity index (χ3n) is 1.57. The maximum Gasteiger partial charge on any atom is 0.252 e. The minimum atomic E-state index is -0.407. The summed E-state index contributed by atoms with van der Waals surface area (Å²) in [6.07, 6.45) is 0. The van der Waals surface area contributed by atoms with Crippen molar-refractivity contribution in [3.05, 3.63) is 34.1 Å². The molecule has 0 spiro atoms. The molecule has 0 saturated carbocycles. The molecule has 1 rings (SSSR count). The molecule has 14 heavy (non-hydrogen) atoms. The van der Waals surface area contributed by atoms with E-state index in [9.17, 15) is 9.18 Å². The number of rotatable bonds is 3. The van der Waals surface area contributed by atoms with E-state index in [-0.39, 0.29) is 19.1 Å². The lowest BCUT2D eigenvalue weighted by molar-refractivity contribution is 0.0944. The number of hydrogen-bond acceptors (Lipinski definition) is 2. The van der Waals surface area contributed by atoms with Gasteiger partial charge in [0.15, 0.2) is 0 Å². The SMILES string of the molecule is O=C(NCCO)c1ccc(F)cc1Br. The molecule has 1 aromatic rings. The van der Waals surface area contributed by atoms with Crippen LogP contribution in [0.2, 0.25) is 0 Å². The van der Waals surface area contributed by atoms with Gasteiger partial charge in [0, 0.05) is 11.0 Å². The largest absolute Gasteiger partial charge is 0.395 e. The Kier molecular flexibility index (Phi) is 4.03. The average molecular weight is 262 g/mol. The molecule has 3 nitrogen and oxygen atoms in total. The van der Waals surface area contributed by atoms with Crippen molar-refractivity contribution >= 4 is 21.8 Å². The molecular weight excluding hydrogens is 253 g/mol. The van der Waals surface area contributed by atoms with Gasteiger partial charge in [-0.1, -0.05) is 0 Å². The molecule has 0 unspecified atom stereocenters. The lowest BCUT2D eigenvalue weighted by Crippen LogP contribution is -2.26. The second kappa shape index (κ2) is 5.07. The Hall–Kier alpha value is -0.940. The van der Waals surface area contributed by atoms with Gasteiger partial charge in [-0.2, -0.15) is 0 Å². The zero-order chi connectivity index (χ0) is 10.6. The molecule has 0 aliphatic carbocycles. The van der Waals surface area contributed by atoms with Crippen molar-refractivity contribution in [3.63, 3.8) is 0 Å². The van der Waals surface area contributed by atoms with E-state index in [2.05, 4.69) is 21.2 Å². The van der Waals surface area contributed by atoms with Crippen LogP contribution in [0.1, 0.15) is 10.4 Å². The van der Waals surface area contributed by atoms with Crippen LogP contribution in [-0.4, -0.2) is 24.2 Å². The maximum atomic E-state index is 12.7. The normalized spacial score (nSPS) is 9.93. The van der Waals surface area contributed by atoms with E-state index in [4.69, 9.17) is 5.11 Å². The number of hydrogen-bond donors (Lipinski definition) is 2. The fraction of sp³-hybridized carbons (Fsp3) is 0.222. The Bertz CT molecular complexity index is 344. The van der Waals surface area contributed by atoms with Crippen LogP contribution >= 0.6 is 15.9 Å². The number of carbonyl (C=O) groups is 1. The van der Waals surface area contributed by atoms with Crippen LogP contribution in [0.25, 0.3) is 0 Å². The number of nitrogens with one attached hydrogen (secondary N) is 1. The Morgan fingerprint density at radius 2 is 2.29 bits per heavy atom. The highest BCUT2D eigenvalue weighted by Crippen LogP contribution is 2.17. The molecule has 0 heterocycles. The van der Waals surface area contributed by atoms with Crippen molar-refractivity contribution in [2.24, 2.45) is 0 Å². The van der Waals surface area contributed by atoms with Crippen LogP contribution in [0.4, 0.5) is 4.39 Å². The first kappa shape index (κ1) is 11.1. The highest BCUT2D eigenvalue weighted by Gasteiger charge is 2.09. The van der Waals surface area contributed by atoms with Gasteiger partial charge < -0.3 is 10.4 Å². The van der Waals surface area contributed by atoms with Crippen molar-refractivity contribution in [1.82, 2.24) is 5.32 Å². The van der Waals surface area contributed by atoms with Gasteiger partial charge in [0.05, 0.1) is 12.2 Å².